The zero-order chi connectivity index (χ0) is 13.0. The Morgan fingerprint density at radius 2 is 2.39 bits per heavy atom. The number of aryl methyl sites for hydroxylation is 1. The van der Waals surface area contributed by atoms with Crippen LogP contribution >= 0.6 is 11.3 Å². The van der Waals surface area contributed by atoms with Gasteiger partial charge in [-0.3, -0.25) is 4.68 Å². The Morgan fingerprint density at radius 1 is 1.56 bits per heavy atom. The van der Waals surface area contributed by atoms with Crippen molar-refractivity contribution in [2.24, 2.45) is 5.73 Å². The molecule has 0 unspecified atom stereocenters. The number of thiazole rings is 1. The first-order valence-electron chi connectivity index (χ1n) is 5.51. The molecule has 0 saturated carbocycles. The summed E-state index contributed by atoms with van der Waals surface area (Å²) in [6.45, 7) is 1.42. The predicted octanol–water partition coefficient (Wildman–Crippen LogP) is 1.14. The number of carbonyl (C=O) groups excluding carboxylic acids is 1. The summed E-state index contributed by atoms with van der Waals surface area (Å²) in [7, 11) is 1.35. The number of nitrogens with zero attached hydrogens (tertiary/aromatic N) is 3. The van der Waals surface area contributed by atoms with Crippen molar-refractivity contribution in [1.29, 1.82) is 0 Å². The number of nitrogens with two attached hydrogens (primary N) is 1. The van der Waals surface area contributed by atoms with E-state index in [1.165, 1.54) is 24.6 Å². The van der Waals surface area contributed by atoms with Crippen LogP contribution in [0.25, 0.3) is 10.6 Å². The molecule has 0 radical (unpaired) electrons. The Kier molecular flexibility index (Phi) is 4.06. The summed E-state index contributed by atoms with van der Waals surface area (Å²) in [5, 5.41) is 4.97. The summed E-state index contributed by atoms with van der Waals surface area (Å²) >= 11 is 1.29. The topological polar surface area (TPSA) is 83.0 Å². The third kappa shape index (κ3) is 2.74. The maximum absolute atomic E-state index is 11.3. The molecule has 2 aromatic rings. The Hall–Kier alpha value is -1.73. The third-order valence-electron chi connectivity index (χ3n) is 2.36. The summed E-state index contributed by atoms with van der Waals surface area (Å²) in [5.74, 6) is -0.366. The highest BCUT2D eigenvalue weighted by molar-refractivity contribution is 7.16. The maximum atomic E-state index is 11.3. The van der Waals surface area contributed by atoms with Gasteiger partial charge in [0.25, 0.3) is 0 Å². The molecule has 2 N–H and O–H groups in total. The normalized spacial score (nSPS) is 10.6. The number of esters is 1. The number of rotatable bonds is 5. The Morgan fingerprint density at radius 3 is 3.11 bits per heavy atom. The van der Waals surface area contributed by atoms with Gasteiger partial charge in [0.05, 0.1) is 19.5 Å². The summed E-state index contributed by atoms with van der Waals surface area (Å²) in [5.41, 5.74) is 6.34. The molecule has 2 heterocycles. The molecule has 18 heavy (non-hydrogen) atoms. The van der Waals surface area contributed by atoms with Crippen LogP contribution in [0.3, 0.4) is 0 Å². The minimum absolute atomic E-state index is 0.366. The average Bonchev–Trinajstić information content (AvgIpc) is 3.03. The van der Waals surface area contributed by atoms with Crippen molar-refractivity contribution in [3.8, 4) is 10.6 Å². The molecular weight excluding hydrogens is 252 g/mol. The van der Waals surface area contributed by atoms with Crippen LogP contribution in [0.5, 0.6) is 0 Å². The van der Waals surface area contributed by atoms with Gasteiger partial charge in [-0.15, -0.1) is 11.3 Å². The number of hydrogen-bond donors (Lipinski definition) is 1. The molecule has 0 aliphatic rings. The molecule has 0 fully saturated rings. The molecule has 0 aromatic carbocycles. The molecule has 96 valence electrons. The van der Waals surface area contributed by atoms with Crippen LogP contribution in [-0.2, 0) is 11.3 Å². The van der Waals surface area contributed by atoms with Gasteiger partial charge in [-0.25, -0.2) is 9.78 Å². The lowest BCUT2D eigenvalue weighted by atomic mass is 10.4. The van der Waals surface area contributed by atoms with Gasteiger partial charge < -0.3 is 10.5 Å². The first-order valence-corrected chi connectivity index (χ1v) is 6.33. The van der Waals surface area contributed by atoms with E-state index < -0.39 is 0 Å². The molecule has 0 aliphatic heterocycles. The van der Waals surface area contributed by atoms with Crippen molar-refractivity contribution in [3.05, 3.63) is 23.5 Å². The monoisotopic (exact) mass is 266 g/mol. The fourth-order valence-corrected chi connectivity index (χ4v) is 2.26. The third-order valence-corrected chi connectivity index (χ3v) is 3.39. The second-order valence-corrected chi connectivity index (χ2v) is 4.69. The van der Waals surface area contributed by atoms with Crippen LogP contribution < -0.4 is 5.73 Å². The van der Waals surface area contributed by atoms with E-state index in [0.29, 0.717) is 11.4 Å². The van der Waals surface area contributed by atoms with Crippen molar-refractivity contribution in [2.45, 2.75) is 13.0 Å². The summed E-state index contributed by atoms with van der Waals surface area (Å²) in [6.07, 6.45) is 6.03. The van der Waals surface area contributed by atoms with E-state index in [0.717, 1.165) is 23.5 Å². The first-order chi connectivity index (χ1) is 8.74. The fraction of sp³-hybridized carbons (Fsp3) is 0.364. The van der Waals surface area contributed by atoms with E-state index in [-0.39, 0.29) is 5.97 Å². The second-order valence-electron chi connectivity index (χ2n) is 3.66. The van der Waals surface area contributed by atoms with E-state index in [2.05, 4.69) is 14.8 Å². The summed E-state index contributed by atoms with van der Waals surface area (Å²) < 4.78 is 6.46. The zero-order valence-corrected chi connectivity index (χ0v) is 10.8. The lowest BCUT2D eigenvalue weighted by Crippen LogP contribution is -2.05. The van der Waals surface area contributed by atoms with Gasteiger partial charge in [-0.1, -0.05) is 0 Å². The van der Waals surface area contributed by atoms with Gasteiger partial charge >= 0.3 is 5.97 Å². The smallest absolute Gasteiger partial charge is 0.349 e. The highest BCUT2D eigenvalue weighted by atomic mass is 32.1. The number of carbonyl (C=O) groups is 1. The van der Waals surface area contributed by atoms with E-state index in [4.69, 9.17) is 5.73 Å². The minimum atomic E-state index is -0.366. The molecule has 0 aliphatic carbocycles. The van der Waals surface area contributed by atoms with Gasteiger partial charge in [0.15, 0.2) is 0 Å². The van der Waals surface area contributed by atoms with Crippen molar-refractivity contribution in [2.75, 3.05) is 13.7 Å². The molecule has 7 heteroatoms. The van der Waals surface area contributed by atoms with Crippen molar-refractivity contribution in [1.82, 2.24) is 14.8 Å². The Balaban J connectivity index is 2.13. The van der Waals surface area contributed by atoms with E-state index >= 15 is 0 Å². The maximum Gasteiger partial charge on any atom is 0.349 e. The van der Waals surface area contributed by atoms with Gasteiger partial charge in [-0.05, 0) is 13.0 Å². The SMILES string of the molecule is COC(=O)c1cnc(-c2cnn(CCCN)c2)s1. The fourth-order valence-electron chi connectivity index (χ4n) is 1.45. The predicted molar refractivity (Wildman–Crippen MR) is 68.3 cm³/mol. The van der Waals surface area contributed by atoms with Crippen LogP contribution in [-0.4, -0.2) is 34.4 Å². The van der Waals surface area contributed by atoms with Crippen molar-refractivity contribution < 1.29 is 9.53 Å². The standard InChI is InChI=1S/C11H14N4O2S/c1-17-11(16)9-6-13-10(18-9)8-5-14-15(7-8)4-2-3-12/h5-7H,2-4,12H2,1H3. The molecule has 2 aromatic heterocycles. The lowest BCUT2D eigenvalue weighted by molar-refractivity contribution is 0.0606. The van der Waals surface area contributed by atoms with E-state index in [1.807, 2.05) is 10.9 Å². The van der Waals surface area contributed by atoms with Gasteiger partial charge in [0.1, 0.15) is 9.88 Å². The number of hydrogen-bond acceptors (Lipinski definition) is 6. The van der Waals surface area contributed by atoms with Crippen molar-refractivity contribution in [3.63, 3.8) is 0 Å². The quantitative estimate of drug-likeness (QED) is 0.820. The molecule has 2 rings (SSSR count). The van der Waals surface area contributed by atoms with Crippen LogP contribution in [0.15, 0.2) is 18.6 Å². The Bertz CT molecular complexity index is 535. The highest BCUT2D eigenvalue weighted by Gasteiger charge is 2.12. The molecular formula is C11H14N4O2S. The van der Waals surface area contributed by atoms with Gasteiger partial charge in [0, 0.05) is 18.3 Å². The van der Waals surface area contributed by atoms with Crippen LogP contribution in [0.4, 0.5) is 0 Å². The van der Waals surface area contributed by atoms with Crippen LogP contribution in [0.2, 0.25) is 0 Å². The second kappa shape index (κ2) is 5.74. The first kappa shape index (κ1) is 12.7. The molecule has 0 saturated heterocycles. The van der Waals surface area contributed by atoms with Gasteiger partial charge in [-0.2, -0.15) is 5.10 Å². The molecule has 6 nitrogen and oxygen atoms in total. The lowest BCUT2D eigenvalue weighted by Gasteiger charge is -1.96. The average molecular weight is 266 g/mol. The minimum Gasteiger partial charge on any atom is -0.465 e. The summed E-state index contributed by atoms with van der Waals surface area (Å²) in [6, 6.07) is 0. The molecule has 0 bridgehead atoms. The summed E-state index contributed by atoms with van der Waals surface area (Å²) in [4.78, 5) is 16.0. The molecule has 0 atom stereocenters. The van der Waals surface area contributed by atoms with Crippen LogP contribution in [0, 0.1) is 0 Å². The van der Waals surface area contributed by atoms with Gasteiger partial charge in [0.2, 0.25) is 0 Å². The number of ether oxygens (including phenoxy) is 1. The largest absolute Gasteiger partial charge is 0.465 e. The Labute approximate surface area is 108 Å². The highest BCUT2D eigenvalue weighted by Crippen LogP contribution is 2.25. The van der Waals surface area contributed by atoms with Crippen LogP contribution in [0.1, 0.15) is 16.1 Å². The zero-order valence-electron chi connectivity index (χ0n) is 10.00. The van der Waals surface area contributed by atoms with Crippen molar-refractivity contribution >= 4 is 17.3 Å². The van der Waals surface area contributed by atoms with E-state index in [9.17, 15) is 4.79 Å². The number of aromatic nitrogens is 3. The molecule has 0 amide bonds. The van der Waals surface area contributed by atoms with E-state index in [1.54, 1.807) is 6.20 Å². The molecule has 0 spiro atoms. The number of methoxy groups -OCH3 is 1.